The molecular weight excluding hydrogens is 276 g/mol. The minimum Gasteiger partial charge on any atom is -0.497 e. The van der Waals surface area contributed by atoms with Gasteiger partial charge in [-0.1, -0.05) is 12.1 Å². The van der Waals surface area contributed by atoms with Crippen molar-refractivity contribution in [1.82, 2.24) is 10.6 Å². The van der Waals surface area contributed by atoms with Gasteiger partial charge in [0, 0.05) is 12.5 Å². The van der Waals surface area contributed by atoms with Crippen LogP contribution in [0.15, 0.2) is 24.3 Å². The van der Waals surface area contributed by atoms with Crippen LogP contribution in [0.5, 0.6) is 5.75 Å². The van der Waals surface area contributed by atoms with Crippen molar-refractivity contribution in [3.63, 3.8) is 0 Å². The van der Waals surface area contributed by atoms with Gasteiger partial charge in [0.05, 0.1) is 7.11 Å². The van der Waals surface area contributed by atoms with Gasteiger partial charge in [0.1, 0.15) is 5.75 Å². The molecule has 1 saturated heterocycles. The summed E-state index contributed by atoms with van der Waals surface area (Å²) in [6.07, 6.45) is 2.77. The smallest absolute Gasteiger partial charge is 0.223 e. The lowest BCUT2D eigenvalue weighted by molar-refractivity contribution is -0.125. The largest absolute Gasteiger partial charge is 0.497 e. The minimum absolute atomic E-state index is 0. The second-order valence-corrected chi connectivity index (χ2v) is 4.91. The molecule has 1 aliphatic rings. The van der Waals surface area contributed by atoms with E-state index >= 15 is 0 Å². The Morgan fingerprint density at radius 1 is 1.30 bits per heavy atom. The maximum absolute atomic E-state index is 11.9. The molecule has 0 spiro atoms. The highest BCUT2D eigenvalue weighted by atomic mass is 35.5. The molecule has 5 heteroatoms. The van der Waals surface area contributed by atoms with E-state index in [4.69, 9.17) is 4.74 Å². The predicted molar refractivity (Wildman–Crippen MR) is 82.5 cm³/mol. The number of piperidine rings is 1. The Labute approximate surface area is 126 Å². The van der Waals surface area contributed by atoms with Crippen LogP contribution in [0.1, 0.15) is 18.4 Å². The quantitative estimate of drug-likeness (QED) is 0.871. The zero-order chi connectivity index (χ0) is 13.5. The molecule has 0 atom stereocenters. The van der Waals surface area contributed by atoms with E-state index in [0.717, 1.165) is 38.1 Å². The van der Waals surface area contributed by atoms with Gasteiger partial charge in [-0.2, -0.15) is 0 Å². The van der Waals surface area contributed by atoms with E-state index in [1.165, 1.54) is 5.56 Å². The SMILES string of the molecule is COc1ccc(CCNC(=O)C2CCNCC2)cc1.Cl. The highest BCUT2D eigenvalue weighted by molar-refractivity contribution is 5.85. The Morgan fingerprint density at radius 3 is 2.55 bits per heavy atom. The molecule has 2 rings (SSSR count). The van der Waals surface area contributed by atoms with Gasteiger partial charge in [-0.05, 0) is 50.0 Å². The third kappa shape index (κ3) is 5.02. The minimum atomic E-state index is 0. The monoisotopic (exact) mass is 298 g/mol. The van der Waals surface area contributed by atoms with Crippen molar-refractivity contribution in [2.24, 2.45) is 5.92 Å². The first kappa shape index (κ1) is 16.8. The molecular formula is C15H23ClN2O2. The van der Waals surface area contributed by atoms with Crippen molar-refractivity contribution in [2.45, 2.75) is 19.3 Å². The van der Waals surface area contributed by atoms with Crippen molar-refractivity contribution in [2.75, 3.05) is 26.7 Å². The second-order valence-electron chi connectivity index (χ2n) is 4.91. The fourth-order valence-corrected chi connectivity index (χ4v) is 2.35. The van der Waals surface area contributed by atoms with Crippen molar-refractivity contribution in [3.8, 4) is 5.75 Å². The van der Waals surface area contributed by atoms with E-state index in [9.17, 15) is 4.79 Å². The maximum Gasteiger partial charge on any atom is 0.223 e. The molecule has 0 radical (unpaired) electrons. The first-order valence-electron chi connectivity index (χ1n) is 6.91. The van der Waals surface area contributed by atoms with Crippen LogP contribution in [0, 0.1) is 5.92 Å². The Kier molecular flexibility index (Phi) is 7.41. The van der Waals surface area contributed by atoms with Crippen molar-refractivity contribution in [1.29, 1.82) is 0 Å². The molecule has 1 aliphatic heterocycles. The van der Waals surface area contributed by atoms with Gasteiger partial charge in [0.2, 0.25) is 5.91 Å². The molecule has 0 aliphatic carbocycles. The number of hydrogen-bond donors (Lipinski definition) is 2. The number of carbonyl (C=O) groups is 1. The summed E-state index contributed by atoms with van der Waals surface area (Å²) in [6, 6.07) is 7.97. The Bertz CT molecular complexity index is 403. The molecule has 1 aromatic rings. The molecule has 2 N–H and O–H groups in total. The molecule has 0 saturated carbocycles. The first-order valence-corrected chi connectivity index (χ1v) is 6.91. The standard InChI is InChI=1S/C15H22N2O2.ClH/c1-19-14-4-2-12(3-5-14)6-11-17-15(18)13-7-9-16-10-8-13;/h2-5,13,16H,6-11H2,1H3,(H,17,18);1H. The summed E-state index contributed by atoms with van der Waals surface area (Å²) in [5.74, 6) is 1.26. The normalized spacial score (nSPS) is 15.2. The van der Waals surface area contributed by atoms with Gasteiger partial charge < -0.3 is 15.4 Å². The van der Waals surface area contributed by atoms with Crippen LogP contribution in [0.4, 0.5) is 0 Å². The van der Waals surface area contributed by atoms with Gasteiger partial charge in [0.25, 0.3) is 0 Å². The first-order chi connectivity index (χ1) is 9.29. The van der Waals surface area contributed by atoms with Crippen molar-refractivity contribution in [3.05, 3.63) is 29.8 Å². The average molecular weight is 299 g/mol. The summed E-state index contributed by atoms with van der Waals surface area (Å²) in [4.78, 5) is 11.9. The number of halogens is 1. The van der Waals surface area contributed by atoms with Gasteiger partial charge in [0.15, 0.2) is 0 Å². The molecule has 0 aromatic heterocycles. The Balaban J connectivity index is 0.00000200. The lowest BCUT2D eigenvalue weighted by Gasteiger charge is -2.21. The molecule has 20 heavy (non-hydrogen) atoms. The second kappa shape index (κ2) is 8.82. The van der Waals surface area contributed by atoms with Crippen LogP contribution in [0.25, 0.3) is 0 Å². The number of hydrogen-bond acceptors (Lipinski definition) is 3. The molecule has 1 aromatic carbocycles. The summed E-state index contributed by atoms with van der Waals surface area (Å²) in [5, 5.41) is 6.30. The topological polar surface area (TPSA) is 50.4 Å². The molecule has 0 unspecified atom stereocenters. The van der Waals surface area contributed by atoms with Crippen LogP contribution in [0.3, 0.4) is 0 Å². The fourth-order valence-electron chi connectivity index (χ4n) is 2.35. The number of nitrogens with one attached hydrogen (secondary N) is 2. The van der Waals surface area contributed by atoms with E-state index in [1.54, 1.807) is 7.11 Å². The average Bonchev–Trinajstić information content (AvgIpc) is 2.49. The summed E-state index contributed by atoms with van der Waals surface area (Å²) >= 11 is 0. The summed E-state index contributed by atoms with van der Waals surface area (Å²) in [7, 11) is 1.66. The maximum atomic E-state index is 11.9. The molecule has 4 nitrogen and oxygen atoms in total. The number of ether oxygens (including phenoxy) is 1. The van der Waals surface area contributed by atoms with Crippen molar-refractivity contribution < 1.29 is 9.53 Å². The van der Waals surface area contributed by atoms with Gasteiger partial charge in [-0.15, -0.1) is 12.4 Å². The molecule has 112 valence electrons. The fraction of sp³-hybridized carbons (Fsp3) is 0.533. The van der Waals surface area contributed by atoms with E-state index in [0.29, 0.717) is 6.54 Å². The van der Waals surface area contributed by atoms with Crippen LogP contribution < -0.4 is 15.4 Å². The van der Waals surface area contributed by atoms with Crippen LogP contribution in [-0.2, 0) is 11.2 Å². The molecule has 1 fully saturated rings. The van der Waals surface area contributed by atoms with Crippen molar-refractivity contribution >= 4 is 18.3 Å². The number of rotatable bonds is 5. The third-order valence-corrected chi connectivity index (χ3v) is 3.58. The molecule has 1 heterocycles. The van der Waals surface area contributed by atoms with E-state index in [-0.39, 0.29) is 24.2 Å². The highest BCUT2D eigenvalue weighted by Crippen LogP contribution is 2.12. The zero-order valence-corrected chi connectivity index (χ0v) is 12.7. The predicted octanol–water partition coefficient (Wildman–Crippen LogP) is 1.78. The highest BCUT2D eigenvalue weighted by Gasteiger charge is 2.19. The summed E-state index contributed by atoms with van der Waals surface area (Å²) < 4.78 is 5.12. The van der Waals surface area contributed by atoms with Gasteiger partial charge >= 0.3 is 0 Å². The lowest BCUT2D eigenvalue weighted by atomic mass is 9.97. The molecule has 0 bridgehead atoms. The van der Waals surface area contributed by atoms with E-state index in [2.05, 4.69) is 10.6 Å². The third-order valence-electron chi connectivity index (χ3n) is 3.58. The number of benzene rings is 1. The number of amides is 1. The summed E-state index contributed by atoms with van der Waals surface area (Å²) in [6.45, 7) is 2.61. The van der Waals surface area contributed by atoms with Crippen LogP contribution in [-0.4, -0.2) is 32.7 Å². The van der Waals surface area contributed by atoms with Crippen LogP contribution in [0.2, 0.25) is 0 Å². The number of methoxy groups -OCH3 is 1. The van der Waals surface area contributed by atoms with Gasteiger partial charge in [-0.25, -0.2) is 0 Å². The number of carbonyl (C=O) groups excluding carboxylic acids is 1. The zero-order valence-electron chi connectivity index (χ0n) is 11.9. The lowest BCUT2D eigenvalue weighted by Crippen LogP contribution is -2.38. The molecule has 1 amide bonds. The Hall–Kier alpha value is -1.26. The van der Waals surface area contributed by atoms with E-state index < -0.39 is 0 Å². The van der Waals surface area contributed by atoms with Crippen LogP contribution >= 0.6 is 12.4 Å². The Morgan fingerprint density at radius 2 is 1.95 bits per heavy atom. The van der Waals surface area contributed by atoms with Gasteiger partial charge in [-0.3, -0.25) is 4.79 Å². The van der Waals surface area contributed by atoms with E-state index in [1.807, 2.05) is 24.3 Å². The summed E-state index contributed by atoms with van der Waals surface area (Å²) in [5.41, 5.74) is 1.21.